The molecule has 0 aliphatic heterocycles. The topological polar surface area (TPSA) is 70.3 Å². The second-order valence-corrected chi connectivity index (χ2v) is 1.38. The Bertz CT molecular complexity index is 199. The van der Waals surface area contributed by atoms with Gasteiger partial charge in [0.2, 0.25) is 0 Å². The van der Waals surface area contributed by atoms with Crippen molar-refractivity contribution in [2.24, 2.45) is 0 Å². The van der Waals surface area contributed by atoms with Crippen LogP contribution in [0.4, 0.5) is 0 Å². The number of nitrogens with zero attached hydrogens (tertiary/aromatic N) is 1. The number of esters is 1. The summed E-state index contributed by atoms with van der Waals surface area (Å²) < 4.78 is 4.40. The maximum Gasteiger partial charge on any atom is 1.00 e. The predicted octanol–water partition coefficient (Wildman–Crippen LogP) is -2.37. The Labute approximate surface area is 88.2 Å². The molecule has 0 aliphatic carbocycles. The van der Waals surface area contributed by atoms with Crippen molar-refractivity contribution in [1.29, 1.82) is 5.26 Å². The van der Waals surface area contributed by atoms with Gasteiger partial charge in [0.15, 0.2) is 5.57 Å². The van der Waals surface area contributed by atoms with Gasteiger partial charge in [0.05, 0.1) is 6.61 Å². The molecular formula is C6H8NNaO3. The van der Waals surface area contributed by atoms with Crippen molar-refractivity contribution in [1.82, 2.24) is 0 Å². The summed E-state index contributed by atoms with van der Waals surface area (Å²) in [6, 6.07) is 1.47. The smallest absolute Gasteiger partial charge is 1.00 e. The number of hydrogen-bond acceptors (Lipinski definition) is 4. The number of aliphatic hydroxyl groups is 1. The Morgan fingerprint density at radius 3 is 2.73 bits per heavy atom. The molecule has 0 unspecified atom stereocenters. The third-order valence-electron chi connectivity index (χ3n) is 0.745. The van der Waals surface area contributed by atoms with Crippen LogP contribution in [0.2, 0.25) is 0 Å². The molecule has 11 heavy (non-hydrogen) atoms. The Hall–Kier alpha value is -0.500. The van der Waals surface area contributed by atoms with Crippen molar-refractivity contribution in [3.05, 3.63) is 11.8 Å². The van der Waals surface area contributed by atoms with E-state index < -0.39 is 5.97 Å². The molecule has 0 aromatic rings. The zero-order valence-corrected chi connectivity index (χ0v) is 8.50. The maximum atomic E-state index is 10.5. The SMILES string of the molecule is CCOC(=O)/C(C#N)=C\O.[H-].[Na+]. The zero-order chi connectivity index (χ0) is 7.98. The molecule has 0 spiro atoms. The number of carbonyl (C=O) groups is 1. The largest absolute Gasteiger partial charge is 1.00 e. The van der Waals surface area contributed by atoms with Crippen molar-refractivity contribution in [2.75, 3.05) is 6.61 Å². The van der Waals surface area contributed by atoms with Crippen LogP contribution in [0.3, 0.4) is 0 Å². The summed E-state index contributed by atoms with van der Waals surface area (Å²) in [6.07, 6.45) is 0.429. The molecule has 4 nitrogen and oxygen atoms in total. The van der Waals surface area contributed by atoms with E-state index >= 15 is 0 Å². The third-order valence-corrected chi connectivity index (χ3v) is 0.745. The van der Waals surface area contributed by atoms with E-state index in [2.05, 4.69) is 4.74 Å². The van der Waals surface area contributed by atoms with Gasteiger partial charge in [-0.15, -0.1) is 0 Å². The molecule has 0 heterocycles. The first kappa shape index (κ1) is 13.1. The van der Waals surface area contributed by atoms with Crippen molar-refractivity contribution in [3.63, 3.8) is 0 Å². The first-order chi connectivity index (χ1) is 4.76. The average Bonchev–Trinajstić information content (AvgIpc) is 1.91. The first-order valence-corrected chi connectivity index (χ1v) is 2.67. The molecule has 1 N–H and O–H groups in total. The van der Waals surface area contributed by atoms with Crippen molar-refractivity contribution >= 4 is 5.97 Å². The molecule has 5 heteroatoms. The number of carbonyl (C=O) groups excluding carboxylic acids is 1. The van der Waals surface area contributed by atoms with Crippen LogP contribution < -0.4 is 29.6 Å². The van der Waals surface area contributed by atoms with E-state index in [1.807, 2.05) is 0 Å². The molecule has 0 rings (SSSR count). The molecule has 56 valence electrons. The van der Waals surface area contributed by atoms with Gasteiger partial charge in [-0.2, -0.15) is 5.26 Å². The fraction of sp³-hybridized carbons (Fsp3) is 0.333. The minimum absolute atomic E-state index is 0. The van der Waals surface area contributed by atoms with E-state index in [1.165, 1.54) is 6.07 Å². The van der Waals surface area contributed by atoms with E-state index in [4.69, 9.17) is 10.4 Å². The van der Waals surface area contributed by atoms with Gasteiger partial charge in [0.25, 0.3) is 0 Å². The molecule has 0 saturated heterocycles. The van der Waals surface area contributed by atoms with Crippen molar-refractivity contribution in [3.8, 4) is 6.07 Å². The van der Waals surface area contributed by atoms with E-state index in [0.29, 0.717) is 6.26 Å². The molecule has 0 radical (unpaired) electrons. The Balaban J connectivity index is -0.000000405. The number of rotatable bonds is 2. The van der Waals surface area contributed by atoms with Crippen LogP contribution in [0.5, 0.6) is 0 Å². The Morgan fingerprint density at radius 1 is 1.91 bits per heavy atom. The van der Waals surface area contributed by atoms with Gasteiger partial charge < -0.3 is 11.3 Å². The van der Waals surface area contributed by atoms with Gasteiger partial charge in [-0.3, -0.25) is 0 Å². The normalized spacial score (nSPS) is 9.27. The van der Waals surface area contributed by atoms with Gasteiger partial charge in [-0.05, 0) is 6.92 Å². The molecule has 0 saturated carbocycles. The molecule has 0 aromatic carbocycles. The predicted molar refractivity (Wildman–Crippen MR) is 34.1 cm³/mol. The van der Waals surface area contributed by atoms with E-state index in [1.54, 1.807) is 6.92 Å². The fourth-order valence-electron chi connectivity index (χ4n) is 0.336. The molecule has 0 atom stereocenters. The molecule has 0 aromatic heterocycles. The van der Waals surface area contributed by atoms with Gasteiger partial charge in [0.1, 0.15) is 12.3 Å². The fourth-order valence-corrected chi connectivity index (χ4v) is 0.336. The standard InChI is InChI=1S/C6H7NO3.Na.H/c1-2-10-6(9)5(3-7)4-8;;/h4,8H,2H2,1H3;;/q;+1;-1/b5-4-;;. The summed E-state index contributed by atoms with van der Waals surface area (Å²) in [6.45, 7) is 1.81. The summed E-state index contributed by atoms with van der Waals surface area (Å²) >= 11 is 0. The Morgan fingerprint density at radius 2 is 2.45 bits per heavy atom. The monoisotopic (exact) mass is 165 g/mol. The number of hydrogen-bond donors (Lipinski definition) is 1. The summed E-state index contributed by atoms with van der Waals surface area (Å²) in [4.78, 5) is 10.5. The molecule has 0 amide bonds. The van der Waals surface area contributed by atoms with Gasteiger partial charge in [-0.25, -0.2) is 4.79 Å². The zero-order valence-electron chi connectivity index (χ0n) is 7.50. The minimum atomic E-state index is -0.799. The first-order valence-electron chi connectivity index (χ1n) is 2.67. The molecule has 0 fully saturated rings. The number of aliphatic hydroxyl groups excluding tert-OH is 1. The average molecular weight is 165 g/mol. The molecular weight excluding hydrogens is 157 g/mol. The Kier molecular flexibility index (Phi) is 9.07. The molecule has 0 bridgehead atoms. The van der Waals surface area contributed by atoms with E-state index in [-0.39, 0.29) is 43.2 Å². The van der Waals surface area contributed by atoms with Crippen LogP contribution in [0.1, 0.15) is 8.35 Å². The summed E-state index contributed by atoms with van der Waals surface area (Å²) in [7, 11) is 0. The van der Waals surface area contributed by atoms with Crippen LogP contribution in [0, 0.1) is 11.3 Å². The van der Waals surface area contributed by atoms with Crippen molar-refractivity contribution < 1.29 is 45.6 Å². The summed E-state index contributed by atoms with van der Waals surface area (Å²) in [5.41, 5.74) is -0.387. The van der Waals surface area contributed by atoms with Gasteiger partial charge in [-0.1, -0.05) is 0 Å². The molecule has 0 aliphatic rings. The number of ether oxygens (including phenoxy) is 1. The second kappa shape index (κ2) is 7.61. The maximum absolute atomic E-state index is 10.5. The second-order valence-electron chi connectivity index (χ2n) is 1.38. The quantitative estimate of drug-likeness (QED) is 0.163. The van der Waals surface area contributed by atoms with E-state index in [0.717, 1.165) is 0 Å². The van der Waals surface area contributed by atoms with Crippen LogP contribution in [0.25, 0.3) is 0 Å². The van der Waals surface area contributed by atoms with Crippen LogP contribution in [0.15, 0.2) is 11.8 Å². The third kappa shape index (κ3) is 4.85. The summed E-state index contributed by atoms with van der Waals surface area (Å²) in [5, 5.41) is 16.4. The van der Waals surface area contributed by atoms with Crippen LogP contribution >= 0.6 is 0 Å². The van der Waals surface area contributed by atoms with E-state index in [9.17, 15) is 4.79 Å². The number of nitriles is 1. The van der Waals surface area contributed by atoms with Gasteiger partial charge >= 0.3 is 35.5 Å². The van der Waals surface area contributed by atoms with Gasteiger partial charge in [0, 0.05) is 0 Å². The van der Waals surface area contributed by atoms with Crippen molar-refractivity contribution in [2.45, 2.75) is 6.92 Å². The van der Waals surface area contributed by atoms with Crippen LogP contribution in [-0.2, 0) is 9.53 Å². The summed E-state index contributed by atoms with van der Waals surface area (Å²) in [5.74, 6) is -0.799. The minimum Gasteiger partial charge on any atom is -1.00 e. The van der Waals surface area contributed by atoms with Crippen LogP contribution in [-0.4, -0.2) is 17.7 Å².